The molecular weight excluding hydrogens is 220 g/mol. The number of allylic oxidation sites excluding steroid dienone is 1. The Kier molecular flexibility index (Phi) is 8.78. The zero-order valence-electron chi connectivity index (χ0n) is 13.5. The summed E-state index contributed by atoms with van der Waals surface area (Å²) in [5.41, 5.74) is 1.48. The molecule has 0 bridgehead atoms. The van der Waals surface area contributed by atoms with Crippen molar-refractivity contribution in [2.45, 2.75) is 73.3 Å². The molecule has 106 valence electrons. The molecule has 0 saturated heterocycles. The molecular formula is C16H32N2. The molecule has 0 aromatic carbocycles. The summed E-state index contributed by atoms with van der Waals surface area (Å²) in [5.74, 6) is 2.04. The van der Waals surface area contributed by atoms with E-state index < -0.39 is 0 Å². The molecule has 0 atom stereocenters. The van der Waals surface area contributed by atoms with Gasteiger partial charge in [0.1, 0.15) is 5.84 Å². The van der Waals surface area contributed by atoms with Gasteiger partial charge in [-0.1, -0.05) is 40.2 Å². The second kappa shape index (κ2) is 9.18. The van der Waals surface area contributed by atoms with Crippen LogP contribution < -0.4 is 0 Å². The molecule has 0 unspecified atom stereocenters. The van der Waals surface area contributed by atoms with Crippen LogP contribution >= 0.6 is 0 Å². The average Bonchev–Trinajstić information content (AvgIpc) is 2.74. The molecule has 1 aliphatic rings. The number of amidine groups is 1. The van der Waals surface area contributed by atoms with Crippen LogP contribution in [0.2, 0.25) is 0 Å². The van der Waals surface area contributed by atoms with Gasteiger partial charge in [0.2, 0.25) is 0 Å². The van der Waals surface area contributed by atoms with Gasteiger partial charge in [0, 0.05) is 25.2 Å². The van der Waals surface area contributed by atoms with Gasteiger partial charge >= 0.3 is 0 Å². The van der Waals surface area contributed by atoms with Crippen LogP contribution in [0.4, 0.5) is 0 Å². The van der Waals surface area contributed by atoms with Crippen molar-refractivity contribution in [2.75, 3.05) is 7.05 Å². The van der Waals surface area contributed by atoms with Crippen molar-refractivity contribution >= 4 is 5.84 Å². The van der Waals surface area contributed by atoms with Crippen molar-refractivity contribution in [3.8, 4) is 0 Å². The fourth-order valence-corrected chi connectivity index (χ4v) is 2.31. The Hall–Kier alpha value is -0.790. The Morgan fingerprint density at radius 2 is 1.83 bits per heavy atom. The highest BCUT2D eigenvalue weighted by Gasteiger charge is 2.23. The molecule has 0 radical (unpaired) electrons. The van der Waals surface area contributed by atoms with E-state index in [1.54, 1.807) is 0 Å². The Bertz CT molecular complexity index is 275. The molecule has 18 heavy (non-hydrogen) atoms. The number of hydrogen-bond donors (Lipinski definition) is 0. The van der Waals surface area contributed by atoms with Gasteiger partial charge in [-0.15, -0.1) is 0 Å². The SMILES string of the molecule is CC.CN=C1CC=C(CCCC(C)C)N1C(C)C. The van der Waals surface area contributed by atoms with E-state index in [-0.39, 0.29) is 0 Å². The second-order valence-electron chi connectivity index (χ2n) is 5.29. The predicted molar refractivity (Wildman–Crippen MR) is 83.1 cm³/mol. The monoisotopic (exact) mass is 252 g/mol. The molecule has 0 aromatic heterocycles. The minimum atomic E-state index is 0.534. The van der Waals surface area contributed by atoms with Crippen molar-refractivity contribution in [1.29, 1.82) is 0 Å². The minimum absolute atomic E-state index is 0.534. The van der Waals surface area contributed by atoms with E-state index >= 15 is 0 Å². The molecule has 0 spiro atoms. The maximum absolute atomic E-state index is 4.37. The number of hydrogen-bond acceptors (Lipinski definition) is 1. The van der Waals surface area contributed by atoms with E-state index in [0.29, 0.717) is 6.04 Å². The first-order valence-electron chi connectivity index (χ1n) is 7.50. The van der Waals surface area contributed by atoms with Gasteiger partial charge in [-0.25, -0.2) is 0 Å². The molecule has 1 heterocycles. The zero-order chi connectivity index (χ0) is 14.1. The molecule has 0 saturated carbocycles. The van der Waals surface area contributed by atoms with E-state index in [4.69, 9.17) is 0 Å². The third-order valence-electron chi connectivity index (χ3n) is 3.10. The van der Waals surface area contributed by atoms with Crippen molar-refractivity contribution in [1.82, 2.24) is 4.90 Å². The van der Waals surface area contributed by atoms with Gasteiger partial charge in [0.25, 0.3) is 0 Å². The van der Waals surface area contributed by atoms with Crippen LogP contribution in [0.5, 0.6) is 0 Å². The first-order valence-corrected chi connectivity index (χ1v) is 7.50. The normalized spacial score (nSPS) is 17.3. The van der Waals surface area contributed by atoms with E-state index in [0.717, 1.165) is 12.3 Å². The lowest BCUT2D eigenvalue weighted by atomic mass is 10.0. The summed E-state index contributed by atoms with van der Waals surface area (Å²) in [6.07, 6.45) is 7.19. The average molecular weight is 252 g/mol. The van der Waals surface area contributed by atoms with Crippen LogP contribution in [0.3, 0.4) is 0 Å². The summed E-state index contributed by atoms with van der Waals surface area (Å²) in [5, 5.41) is 0. The third kappa shape index (κ3) is 5.24. The van der Waals surface area contributed by atoms with Crippen LogP contribution in [0.1, 0.15) is 67.2 Å². The highest BCUT2D eigenvalue weighted by atomic mass is 15.2. The second-order valence-corrected chi connectivity index (χ2v) is 5.29. The standard InChI is InChI=1S/C14H26N2.C2H6/c1-11(2)7-6-8-13-9-10-14(15-5)16(13)12(3)4;1-2/h9,11-12H,6-8,10H2,1-5H3;1-2H3. The fourth-order valence-electron chi connectivity index (χ4n) is 2.31. The van der Waals surface area contributed by atoms with Crippen LogP contribution in [-0.4, -0.2) is 23.8 Å². The maximum atomic E-state index is 4.37. The summed E-state index contributed by atoms with van der Waals surface area (Å²) in [7, 11) is 1.90. The first kappa shape index (κ1) is 17.2. The van der Waals surface area contributed by atoms with Crippen molar-refractivity contribution in [3.05, 3.63) is 11.8 Å². The molecule has 2 nitrogen and oxygen atoms in total. The number of aliphatic imine (C=N–C) groups is 1. The van der Waals surface area contributed by atoms with E-state index in [1.165, 1.54) is 30.8 Å². The van der Waals surface area contributed by atoms with Gasteiger partial charge in [-0.2, -0.15) is 0 Å². The zero-order valence-corrected chi connectivity index (χ0v) is 13.5. The summed E-state index contributed by atoms with van der Waals surface area (Å²) >= 11 is 0. The molecule has 0 amide bonds. The Balaban J connectivity index is 0.00000137. The van der Waals surface area contributed by atoms with Gasteiger partial charge in [-0.05, 0) is 32.6 Å². The number of rotatable bonds is 5. The van der Waals surface area contributed by atoms with Crippen LogP contribution in [0.15, 0.2) is 16.8 Å². The summed E-state index contributed by atoms with van der Waals surface area (Å²) < 4.78 is 0. The topological polar surface area (TPSA) is 15.6 Å². The minimum Gasteiger partial charge on any atom is -0.331 e. The van der Waals surface area contributed by atoms with Crippen LogP contribution in [0.25, 0.3) is 0 Å². The Morgan fingerprint density at radius 3 is 2.28 bits per heavy atom. The van der Waals surface area contributed by atoms with Gasteiger partial charge in [0.05, 0.1) is 0 Å². The quantitative estimate of drug-likeness (QED) is 0.682. The van der Waals surface area contributed by atoms with Crippen LogP contribution in [-0.2, 0) is 0 Å². The highest BCUT2D eigenvalue weighted by molar-refractivity contribution is 5.88. The van der Waals surface area contributed by atoms with Gasteiger partial charge in [0.15, 0.2) is 0 Å². The Labute approximate surface area is 114 Å². The molecule has 0 aromatic rings. The highest BCUT2D eigenvalue weighted by Crippen LogP contribution is 2.25. The number of nitrogens with zero attached hydrogens (tertiary/aromatic N) is 2. The van der Waals surface area contributed by atoms with E-state index in [2.05, 4.69) is 43.7 Å². The fraction of sp³-hybridized carbons (Fsp3) is 0.812. The maximum Gasteiger partial charge on any atom is 0.107 e. The van der Waals surface area contributed by atoms with Gasteiger partial charge in [-0.3, -0.25) is 4.99 Å². The molecule has 1 rings (SSSR count). The van der Waals surface area contributed by atoms with Crippen LogP contribution in [0, 0.1) is 5.92 Å². The van der Waals surface area contributed by atoms with Crippen molar-refractivity contribution in [2.24, 2.45) is 10.9 Å². The summed E-state index contributed by atoms with van der Waals surface area (Å²) in [4.78, 5) is 6.78. The lowest BCUT2D eigenvalue weighted by Gasteiger charge is -2.27. The smallest absolute Gasteiger partial charge is 0.107 e. The predicted octanol–water partition coefficient (Wildman–Crippen LogP) is 4.87. The molecule has 1 aliphatic heterocycles. The van der Waals surface area contributed by atoms with Crippen molar-refractivity contribution in [3.63, 3.8) is 0 Å². The van der Waals surface area contributed by atoms with Gasteiger partial charge < -0.3 is 4.90 Å². The summed E-state index contributed by atoms with van der Waals surface area (Å²) in [6, 6.07) is 0.534. The molecule has 2 heteroatoms. The Morgan fingerprint density at radius 1 is 1.22 bits per heavy atom. The third-order valence-corrected chi connectivity index (χ3v) is 3.10. The van der Waals surface area contributed by atoms with Crippen molar-refractivity contribution < 1.29 is 0 Å². The van der Waals surface area contributed by atoms with E-state index in [1.807, 2.05) is 20.9 Å². The lowest BCUT2D eigenvalue weighted by Crippen LogP contribution is -2.32. The summed E-state index contributed by atoms with van der Waals surface area (Å²) in [6.45, 7) is 13.1. The molecule has 0 fully saturated rings. The largest absolute Gasteiger partial charge is 0.331 e. The molecule has 0 N–H and O–H groups in total. The lowest BCUT2D eigenvalue weighted by molar-refractivity contribution is 0.407. The van der Waals surface area contributed by atoms with E-state index in [9.17, 15) is 0 Å². The first-order chi connectivity index (χ1) is 8.56. The molecule has 0 aliphatic carbocycles.